The summed E-state index contributed by atoms with van der Waals surface area (Å²) in [5.74, 6) is -0.973. The summed E-state index contributed by atoms with van der Waals surface area (Å²) in [6, 6.07) is 6.95. The number of carboxylic acid groups (broad SMARTS) is 1. The Hall–Kier alpha value is -2.48. The van der Waals surface area contributed by atoms with E-state index in [1.54, 1.807) is 24.3 Å². The van der Waals surface area contributed by atoms with Crippen LogP contribution in [0.2, 0.25) is 5.02 Å². The fraction of sp³-hybridized carbons (Fsp3) is 0.357. The van der Waals surface area contributed by atoms with Gasteiger partial charge in [0.15, 0.2) is 0 Å². The van der Waals surface area contributed by atoms with Crippen molar-refractivity contribution in [2.75, 3.05) is 6.54 Å². The Morgan fingerprint density at radius 3 is 2.61 bits per heavy atom. The van der Waals surface area contributed by atoms with Crippen LogP contribution in [0.15, 0.2) is 24.3 Å². The molecule has 1 aliphatic rings. The van der Waals surface area contributed by atoms with Crippen molar-refractivity contribution in [2.24, 2.45) is 0 Å². The van der Waals surface area contributed by atoms with E-state index in [1.165, 1.54) is 9.70 Å². The molecule has 2 aromatic rings. The number of hydrogen-bond donors (Lipinski definition) is 1. The molecule has 0 unspecified atom stereocenters. The number of amides is 1. The second-order valence-corrected chi connectivity index (χ2v) is 5.73. The third kappa shape index (κ3) is 3.84. The fourth-order valence-corrected chi connectivity index (χ4v) is 2.32. The first-order valence-corrected chi connectivity index (χ1v) is 7.46. The normalized spacial score (nSPS) is 13.8. The van der Waals surface area contributed by atoms with Gasteiger partial charge in [-0.1, -0.05) is 11.6 Å². The Morgan fingerprint density at radius 1 is 1.30 bits per heavy atom. The van der Waals surface area contributed by atoms with Gasteiger partial charge in [-0.3, -0.25) is 9.59 Å². The van der Waals surface area contributed by atoms with Gasteiger partial charge in [-0.2, -0.15) is 4.80 Å². The number of halogens is 1. The number of nitrogens with zero attached hydrogens (tertiary/aromatic N) is 5. The van der Waals surface area contributed by atoms with Crippen molar-refractivity contribution < 1.29 is 14.7 Å². The lowest BCUT2D eigenvalue weighted by molar-refractivity contribution is -0.145. The van der Waals surface area contributed by atoms with Crippen LogP contribution >= 0.6 is 11.6 Å². The van der Waals surface area contributed by atoms with Crippen LogP contribution in [0.1, 0.15) is 12.8 Å². The molecular weight excluding hydrogens is 322 g/mol. The van der Waals surface area contributed by atoms with Crippen molar-refractivity contribution in [3.8, 4) is 11.4 Å². The van der Waals surface area contributed by atoms with Crippen molar-refractivity contribution in [1.82, 2.24) is 25.1 Å². The molecule has 1 aliphatic carbocycles. The molecular formula is C14H14ClN5O3. The van der Waals surface area contributed by atoms with E-state index >= 15 is 0 Å². The van der Waals surface area contributed by atoms with Gasteiger partial charge >= 0.3 is 5.97 Å². The van der Waals surface area contributed by atoms with Gasteiger partial charge in [0.05, 0.1) is 0 Å². The molecule has 0 aliphatic heterocycles. The fourth-order valence-electron chi connectivity index (χ4n) is 2.19. The maximum absolute atomic E-state index is 12.2. The Kier molecular flexibility index (Phi) is 4.24. The van der Waals surface area contributed by atoms with Crippen LogP contribution in [0.3, 0.4) is 0 Å². The van der Waals surface area contributed by atoms with Crippen molar-refractivity contribution in [3.63, 3.8) is 0 Å². The Bertz CT molecular complexity index is 726. The summed E-state index contributed by atoms with van der Waals surface area (Å²) >= 11 is 5.83. The minimum absolute atomic E-state index is 0.0119. The molecule has 9 heteroatoms. The highest BCUT2D eigenvalue weighted by molar-refractivity contribution is 6.30. The zero-order valence-electron chi connectivity index (χ0n) is 12.1. The molecule has 0 spiro atoms. The standard InChI is InChI=1S/C14H14ClN5O3/c15-10-3-1-9(2-4-10)14-16-18-20(17-14)7-12(21)19(8-13(22)23)11-5-6-11/h1-4,11H,5-8H2,(H,22,23). The van der Waals surface area contributed by atoms with Crippen LogP contribution in [0.25, 0.3) is 11.4 Å². The number of carbonyl (C=O) groups excluding carboxylic acids is 1. The molecule has 120 valence electrons. The van der Waals surface area contributed by atoms with Gasteiger partial charge in [0, 0.05) is 16.6 Å². The molecule has 1 amide bonds. The molecule has 1 N–H and O–H groups in total. The summed E-state index contributed by atoms with van der Waals surface area (Å²) < 4.78 is 0. The Balaban J connectivity index is 1.69. The molecule has 0 atom stereocenters. The average Bonchev–Trinajstić information content (AvgIpc) is 3.25. The summed E-state index contributed by atoms with van der Waals surface area (Å²) in [4.78, 5) is 25.6. The van der Waals surface area contributed by atoms with E-state index in [2.05, 4.69) is 15.4 Å². The van der Waals surface area contributed by atoms with Gasteiger partial charge in [0.25, 0.3) is 0 Å². The average molecular weight is 336 g/mol. The minimum Gasteiger partial charge on any atom is -0.480 e. The summed E-state index contributed by atoms with van der Waals surface area (Å²) in [7, 11) is 0. The second-order valence-electron chi connectivity index (χ2n) is 5.30. The smallest absolute Gasteiger partial charge is 0.323 e. The number of carbonyl (C=O) groups is 2. The number of aromatic nitrogens is 4. The van der Waals surface area contributed by atoms with E-state index in [-0.39, 0.29) is 25.0 Å². The Labute approximate surface area is 136 Å². The quantitative estimate of drug-likeness (QED) is 0.847. The number of rotatable bonds is 6. The molecule has 1 aromatic heterocycles. The van der Waals surface area contributed by atoms with Gasteiger partial charge in [-0.05, 0) is 42.3 Å². The van der Waals surface area contributed by atoms with E-state index in [1.807, 2.05) is 0 Å². The molecule has 1 saturated carbocycles. The third-order valence-corrected chi connectivity index (χ3v) is 3.70. The highest BCUT2D eigenvalue weighted by Gasteiger charge is 2.34. The van der Waals surface area contributed by atoms with Crippen molar-refractivity contribution >= 4 is 23.5 Å². The number of carboxylic acids is 1. The number of tetrazole rings is 1. The first-order chi connectivity index (χ1) is 11.0. The molecule has 23 heavy (non-hydrogen) atoms. The largest absolute Gasteiger partial charge is 0.480 e. The number of aliphatic carboxylic acids is 1. The number of benzene rings is 1. The van der Waals surface area contributed by atoms with Gasteiger partial charge in [0.1, 0.15) is 13.1 Å². The van der Waals surface area contributed by atoms with Crippen LogP contribution < -0.4 is 0 Å². The van der Waals surface area contributed by atoms with Crippen LogP contribution in [0.5, 0.6) is 0 Å². The third-order valence-electron chi connectivity index (χ3n) is 3.45. The predicted molar refractivity (Wildman–Crippen MR) is 80.6 cm³/mol. The summed E-state index contributed by atoms with van der Waals surface area (Å²) in [6.07, 6.45) is 1.67. The molecule has 1 fully saturated rings. The maximum Gasteiger partial charge on any atom is 0.323 e. The van der Waals surface area contributed by atoms with Crippen molar-refractivity contribution in [1.29, 1.82) is 0 Å². The van der Waals surface area contributed by atoms with Gasteiger partial charge in [-0.15, -0.1) is 10.2 Å². The summed E-state index contributed by atoms with van der Waals surface area (Å²) in [5, 5.41) is 21.4. The first-order valence-electron chi connectivity index (χ1n) is 7.08. The monoisotopic (exact) mass is 335 g/mol. The minimum atomic E-state index is -1.03. The van der Waals surface area contributed by atoms with Crippen molar-refractivity contribution in [3.05, 3.63) is 29.3 Å². The lowest BCUT2D eigenvalue weighted by Crippen LogP contribution is -2.39. The van der Waals surface area contributed by atoms with E-state index in [4.69, 9.17) is 16.7 Å². The lowest BCUT2D eigenvalue weighted by Gasteiger charge is -2.19. The zero-order valence-corrected chi connectivity index (χ0v) is 12.8. The van der Waals surface area contributed by atoms with E-state index in [9.17, 15) is 9.59 Å². The lowest BCUT2D eigenvalue weighted by atomic mass is 10.2. The highest BCUT2D eigenvalue weighted by Crippen LogP contribution is 2.26. The molecule has 8 nitrogen and oxygen atoms in total. The molecule has 3 rings (SSSR count). The molecule has 1 heterocycles. The van der Waals surface area contributed by atoms with Gasteiger partial charge in [-0.25, -0.2) is 0 Å². The van der Waals surface area contributed by atoms with Crippen LogP contribution in [-0.2, 0) is 16.1 Å². The predicted octanol–water partition coefficient (Wildman–Crippen LogP) is 1.07. The highest BCUT2D eigenvalue weighted by atomic mass is 35.5. The molecule has 0 saturated heterocycles. The molecule has 0 radical (unpaired) electrons. The first kappa shape index (κ1) is 15.4. The van der Waals surface area contributed by atoms with Crippen LogP contribution in [0, 0.1) is 0 Å². The summed E-state index contributed by atoms with van der Waals surface area (Å²) in [5.41, 5.74) is 0.734. The summed E-state index contributed by atoms with van der Waals surface area (Å²) in [6.45, 7) is -0.438. The maximum atomic E-state index is 12.2. The molecule has 0 bridgehead atoms. The number of hydrogen-bond acceptors (Lipinski definition) is 5. The topological polar surface area (TPSA) is 101 Å². The Morgan fingerprint density at radius 2 is 2.00 bits per heavy atom. The second kappa shape index (κ2) is 6.33. The van der Waals surface area contributed by atoms with Gasteiger partial charge in [0.2, 0.25) is 11.7 Å². The SMILES string of the molecule is O=C(O)CN(C(=O)Cn1nnc(-c2ccc(Cl)cc2)n1)C1CC1. The zero-order chi connectivity index (χ0) is 16.4. The van der Waals surface area contributed by atoms with Crippen molar-refractivity contribution in [2.45, 2.75) is 25.4 Å². The van der Waals surface area contributed by atoms with E-state index < -0.39 is 5.97 Å². The van der Waals surface area contributed by atoms with E-state index in [0.29, 0.717) is 10.8 Å². The van der Waals surface area contributed by atoms with Gasteiger partial charge < -0.3 is 10.0 Å². The van der Waals surface area contributed by atoms with E-state index in [0.717, 1.165) is 18.4 Å². The molecule has 1 aromatic carbocycles. The van der Waals surface area contributed by atoms with Crippen LogP contribution in [-0.4, -0.2) is 54.7 Å². The van der Waals surface area contributed by atoms with Crippen LogP contribution in [0.4, 0.5) is 0 Å².